The minimum absolute atomic E-state index is 0.0903. The Morgan fingerprint density at radius 2 is 1.66 bits per heavy atom. The number of carbonyl (C=O) groups excluding carboxylic acids is 2. The van der Waals surface area contributed by atoms with Crippen molar-refractivity contribution >= 4 is 29.4 Å². The van der Waals surface area contributed by atoms with Crippen LogP contribution in [-0.2, 0) is 14.9 Å². The molecule has 1 aliphatic carbocycles. The minimum Gasteiger partial charge on any atom is -0.490 e. The summed E-state index contributed by atoms with van der Waals surface area (Å²) in [5.41, 5.74) is 5.98. The molecule has 0 bridgehead atoms. The Morgan fingerprint density at radius 1 is 0.979 bits per heavy atom. The lowest BCUT2D eigenvalue weighted by atomic mass is 9.70. The summed E-state index contributed by atoms with van der Waals surface area (Å²) in [7, 11) is 0. The molecule has 4 heterocycles. The van der Waals surface area contributed by atoms with E-state index in [4.69, 9.17) is 32.1 Å². The molecule has 1 spiro atoms. The topological polar surface area (TPSA) is 138 Å². The molecule has 1 saturated carbocycles. The second-order valence-electron chi connectivity index (χ2n) is 14.9. The SMILES string of the molecule is CC(C)(C)OC(=O)N1CCC(N2CCC3(CC2)CN(c2ccc(C4(C(N)=O)CCC(Oc5ccc(C#N)c(Cl)c5)CC4)nn2)C3)CC1. The molecule has 0 radical (unpaired) electrons. The normalized spacial score (nSPS) is 25.1. The third-order valence-corrected chi connectivity index (χ3v) is 10.9. The zero-order valence-electron chi connectivity index (χ0n) is 27.7. The summed E-state index contributed by atoms with van der Waals surface area (Å²) in [6.45, 7) is 11.3. The van der Waals surface area contributed by atoms with Gasteiger partial charge in [0.05, 0.1) is 27.8 Å². The molecule has 0 atom stereocenters. The Balaban J connectivity index is 0.976. The second kappa shape index (κ2) is 13.1. The van der Waals surface area contributed by atoms with Gasteiger partial charge in [-0.25, -0.2) is 4.79 Å². The first-order chi connectivity index (χ1) is 22.4. The van der Waals surface area contributed by atoms with Crippen molar-refractivity contribution in [2.45, 2.75) is 95.3 Å². The lowest BCUT2D eigenvalue weighted by Crippen LogP contribution is -2.62. The molecular weight excluding hydrogens is 618 g/mol. The van der Waals surface area contributed by atoms with Crippen molar-refractivity contribution in [1.29, 1.82) is 5.26 Å². The summed E-state index contributed by atoms with van der Waals surface area (Å²) in [6.07, 6.45) is 6.33. The van der Waals surface area contributed by atoms with E-state index >= 15 is 0 Å². The maximum Gasteiger partial charge on any atom is 0.410 e. The van der Waals surface area contributed by atoms with Crippen molar-refractivity contribution in [1.82, 2.24) is 20.0 Å². The molecule has 1 aromatic carbocycles. The van der Waals surface area contributed by atoms with Crippen molar-refractivity contribution in [3.63, 3.8) is 0 Å². The largest absolute Gasteiger partial charge is 0.490 e. The van der Waals surface area contributed by atoms with Crippen LogP contribution >= 0.6 is 11.6 Å². The van der Waals surface area contributed by atoms with Crippen LogP contribution in [0.3, 0.4) is 0 Å². The number of piperidine rings is 2. The number of carbonyl (C=O) groups is 2. The molecule has 12 heteroatoms. The fourth-order valence-electron chi connectivity index (χ4n) is 7.78. The minimum atomic E-state index is -0.875. The number of anilines is 1. The number of hydrogen-bond acceptors (Lipinski definition) is 9. The summed E-state index contributed by atoms with van der Waals surface area (Å²) >= 11 is 6.17. The van der Waals surface area contributed by atoms with Gasteiger partial charge in [-0.2, -0.15) is 10.4 Å². The molecule has 1 aromatic heterocycles. The molecule has 11 nitrogen and oxygen atoms in total. The molecule has 47 heavy (non-hydrogen) atoms. The molecule has 2 N–H and O–H groups in total. The highest BCUT2D eigenvalue weighted by molar-refractivity contribution is 6.31. The van der Waals surface area contributed by atoms with Crippen molar-refractivity contribution in [3.8, 4) is 11.8 Å². The summed E-state index contributed by atoms with van der Waals surface area (Å²) in [6, 6.07) is 11.5. The smallest absolute Gasteiger partial charge is 0.410 e. The van der Waals surface area contributed by atoms with E-state index in [1.54, 1.807) is 18.2 Å². The van der Waals surface area contributed by atoms with Crippen molar-refractivity contribution in [2.75, 3.05) is 44.2 Å². The van der Waals surface area contributed by atoms with E-state index in [1.807, 2.05) is 37.8 Å². The summed E-state index contributed by atoms with van der Waals surface area (Å²) in [5, 5.41) is 18.6. The van der Waals surface area contributed by atoms with Gasteiger partial charge in [0.1, 0.15) is 17.4 Å². The zero-order chi connectivity index (χ0) is 33.4. The highest BCUT2D eigenvalue weighted by atomic mass is 35.5. The molecular formula is C35H46ClN7O4. The number of amides is 2. The van der Waals surface area contributed by atoms with Crippen LogP contribution < -0.4 is 15.4 Å². The third kappa shape index (κ3) is 7.14. The van der Waals surface area contributed by atoms with Crippen LogP contribution in [0.25, 0.3) is 0 Å². The molecule has 2 aromatic rings. The van der Waals surface area contributed by atoms with E-state index in [-0.39, 0.29) is 18.1 Å². The highest BCUT2D eigenvalue weighted by Crippen LogP contribution is 2.44. The van der Waals surface area contributed by atoms with Gasteiger partial charge in [-0.1, -0.05) is 11.6 Å². The van der Waals surface area contributed by atoms with Gasteiger partial charge >= 0.3 is 6.09 Å². The Kier molecular flexibility index (Phi) is 9.29. The number of likely N-dealkylation sites (tertiary alicyclic amines) is 2. The Bertz CT molecular complexity index is 1490. The third-order valence-electron chi connectivity index (χ3n) is 10.6. The van der Waals surface area contributed by atoms with Crippen molar-refractivity contribution < 1.29 is 19.1 Å². The highest BCUT2D eigenvalue weighted by Gasteiger charge is 2.47. The van der Waals surface area contributed by atoms with Crippen LogP contribution in [-0.4, -0.2) is 89.0 Å². The fraction of sp³-hybridized carbons (Fsp3) is 0.629. The Labute approximate surface area is 282 Å². The predicted molar refractivity (Wildman–Crippen MR) is 178 cm³/mol. The monoisotopic (exact) mass is 663 g/mol. The number of halogens is 1. The van der Waals surface area contributed by atoms with Gasteiger partial charge in [0, 0.05) is 43.7 Å². The quantitative estimate of drug-likeness (QED) is 0.450. The average Bonchev–Trinajstić information content (AvgIpc) is 3.03. The molecule has 2 amide bonds. The van der Waals surface area contributed by atoms with Crippen molar-refractivity contribution in [3.05, 3.63) is 46.6 Å². The van der Waals surface area contributed by atoms with E-state index in [9.17, 15) is 9.59 Å². The maximum atomic E-state index is 12.8. The number of ether oxygens (including phenoxy) is 2. The molecule has 6 rings (SSSR count). The van der Waals surface area contributed by atoms with Crippen LogP contribution in [0.1, 0.15) is 83.4 Å². The molecule has 3 aliphatic heterocycles. The molecule has 0 unspecified atom stereocenters. The first-order valence-corrected chi connectivity index (χ1v) is 17.2. The molecule has 4 fully saturated rings. The lowest BCUT2D eigenvalue weighted by Gasteiger charge is -2.55. The number of nitrogens with zero attached hydrogens (tertiary/aromatic N) is 6. The van der Waals surface area contributed by atoms with Gasteiger partial charge < -0.3 is 29.9 Å². The summed E-state index contributed by atoms with van der Waals surface area (Å²) in [4.78, 5) is 32.0. The van der Waals surface area contributed by atoms with Gasteiger partial charge in [-0.05, 0) is 109 Å². The number of nitrogens with two attached hydrogens (primary N) is 1. The number of primary amides is 1. The number of benzene rings is 1. The average molecular weight is 664 g/mol. The number of rotatable bonds is 6. The fourth-order valence-corrected chi connectivity index (χ4v) is 7.99. The van der Waals surface area contributed by atoms with Gasteiger partial charge in [0.15, 0.2) is 5.82 Å². The van der Waals surface area contributed by atoms with Crippen LogP contribution in [0.15, 0.2) is 30.3 Å². The van der Waals surface area contributed by atoms with Gasteiger partial charge in [0.25, 0.3) is 0 Å². The van der Waals surface area contributed by atoms with E-state index in [0.29, 0.717) is 59.2 Å². The first-order valence-electron chi connectivity index (χ1n) is 16.9. The number of aromatic nitrogens is 2. The molecule has 252 valence electrons. The van der Waals surface area contributed by atoms with Gasteiger partial charge in [-0.15, -0.1) is 5.10 Å². The second-order valence-corrected chi connectivity index (χ2v) is 15.3. The maximum absolute atomic E-state index is 12.8. The molecule has 4 aliphatic rings. The molecule has 3 saturated heterocycles. The van der Waals surface area contributed by atoms with Crippen LogP contribution in [0.5, 0.6) is 5.75 Å². The summed E-state index contributed by atoms with van der Waals surface area (Å²) < 4.78 is 11.7. The van der Waals surface area contributed by atoms with E-state index in [0.717, 1.165) is 70.8 Å². The Morgan fingerprint density at radius 3 is 2.21 bits per heavy atom. The lowest BCUT2D eigenvalue weighted by molar-refractivity contribution is -0.125. The summed E-state index contributed by atoms with van der Waals surface area (Å²) in [5.74, 6) is 1.06. The van der Waals surface area contributed by atoms with E-state index in [1.165, 1.54) is 0 Å². The van der Waals surface area contributed by atoms with Crippen LogP contribution in [0.2, 0.25) is 5.02 Å². The van der Waals surface area contributed by atoms with Crippen LogP contribution in [0.4, 0.5) is 10.6 Å². The predicted octanol–water partition coefficient (Wildman–Crippen LogP) is 5.05. The van der Waals surface area contributed by atoms with Crippen molar-refractivity contribution in [2.24, 2.45) is 11.1 Å². The first kappa shape index (κ1) is 33.3. The van der Waals surface area contributed by atoms with Gasteiger partial charge in [0.2, 0.25) is 5.91 Å². The standard InChI is InChI=1S/C35H46ClN7O4/c1-33(2,3)47-32(45)42-16-10-25(11-17-42)41-18-14-34(15-19-41)22-43(23-34)30-7-6-29(39-40-30)35(31(38)44)12-8-26(9-13-35)46-27-5-4-24(21-37)28(36)20-27/h4-7,20,25-26H,8-19,22-23H2,1-3H3,(H2,38,44). The number of hydrogen-bond donors (Lipinski definition) is 1. The van der Waals surface area contributed by atoms with Crippen LogP contribution in [0, 0.1) is 16.7 Å². The van der Waals surface area contributed by atoms with E-state index < -0.39 is 11.0 Å². The van der Waals surface area contributed by atoms with Gasteiger partial charge in [-0.3, -0.25) is 4.79 Å². The van der Waals surface area contributed by atoms with E-state index in [2.05, 4.69) is 26.1 Å². The zero-order valence-corrected chi connectivity index (χ0v) is 28.5. The number of nitriles is 1. The Hall–Kier alpha value is -3.62.